The van der Waals surface area contributed by atoms with Gasteiger partial charge in [0.1, 0.15) is 0 Å². The number of nitrogens with zero attached hydrogens (tertiary/aromatic N) is 4. The van der Waals surface area contributed by atoms with Crippen molar-refractivity contribution in [3.8, 4) is 11.1 Å². The predicted molar refractivity (Wildman–Crippen MR) is 100 cm³/mol. The summed E-state index contributed by atoms with van der Waals surface area (Å²) in [5.74, 6) is 0.889. The van der Waals surface area contributed by atoms with Gasteiger partial charge in [-0.05, 0) is 36.6 Å². The van der Waals surface area contributed by atoms with Crippen LogP contribution in [-0.4, -0.2) is 38.9 Å². The number of hydrogen-bond donors (Lipinski definition) is 1. The zero-order valence-corrected chi connectivity index (χ0v) is 15.3. The zero-order valence-electron chi connectivity index (χ0n) is 15.3. The normalized spacial score (nSPS) is 13.3. The van der Waals surface area contributed by atoms with Gasteiger partial charge in [0, 0.05) is 36.5 Å². The summed E-state index contributed by atoms with van der Waals surface area (Å²) < 4.78 is 5.23. The maximum Gasteiger partial charge on any atom is 0.254 e. The molecule has 4 rings (SSSR count). The van der Waals surface area contributed by atoms with E-state index in [1.807, 2.05) is 0 Å². The molecule has 0 spiro atoms. The van der Waals surface area contributed by atoms with Gasteiger partial charge in [-0.15, -0.1) is 0 Å². The molecular weight excluding hydrogens is 358 g/mol. The van der Waals surface area contributed by atoms with Gasteiger partial charge in [-0.25, -0.2) is 0 Å². The Morgan fingerprint density at radius 3 is 2.57 bits per heavy atom. The summed E-state index contributed by atoms with van der Waals surface area (Å²) in [6.07, 6.45) is 5.25. The number of carbonyl (C=O) groups excluding carboxylic acids is 2. The second-order valence-electron chi connectivity index (χ2n) is 6.89. The van der Waals surface area contributed by atoms with Crippen LogP contribution in [0.3, 0.4) is 0 Å². The summed E-state index contributed by atoms with van der Waals surface area (Å²) >= 11 is 0. The molecule has 28 heavy (non-hydrogen) atoms. The van der Waals surface area contributed by atoms with Crippen LogP contribution in [0, 0.1) is 0 Å². The summed E-state index contributed by atoms with van der Waals surface area (Å²) in [4.78, 5) is 33.9. The van der Waals surface area contributed by atoms with Crippen LogP contribution in [0.4, 0.5) is 0 Å². The maximum absolute atomic E-state index is 12.7. The van der Waals surface area contributed by atoms with Crippen LogP contribution in [0.25, 0.3) is 11.1 Å². The van der Waals surface area contributed by atoms with Crippen LogP contribution in [-0.2, 0) is 6.54 Å². The van der Waals surface area contributed by atoms with E-state index in [1.54, 1.807) is 43.6 Å². The van der Waals surface area contributed by atoms with E-state index in [1.165, 1.54) is 11.1 Å². The van der Waals surface area contributed by atoms with Crippen molar-refractivity contribution in [2.75, 3.05) is 7.05 Å². The largest absolute Gasteiger partial charge is 0.366 e. The molecule has 2 amide bonds. The third kappa shape index (κ3) is 3.75. The Balaban J connectivity index is 1.45. The summed E-state index contributed by atoms with van der Waals surface area (Å²) in [7, 11) is 1.69. The summed E-state index contributed by atoms with van der Waals surface area (Å²) in [5, 5.41) is 3.97. The lowest BCUT2D eigenvalue weighted by Crippen LogP contribution is -2.26. The molecule has 2 aromatic heterocycles. The van der Waals surface area contributed by atoms with E-state index in [4.69, 9.17) is 10.3 Å². The molecule has 1 aliphatic carbocycles. The van der Waals surface area contributed by atoms with Gasteiger partial charge < -0.3 is 15.2 Å². The molecule has 0 radical (unpaired) electrons. The van der Waals surface area contributed by atoms with Gasteiger partial charge in [-0.2, -0.15) is 4.98 Å². The van der Waals surface area contributed by atoms with Crippen molar-refractivity contribution >= 4 is 11.8 Å². The van der Waals surface area contributed by atoms with E-state index in [2.05, 4.69) is 15.1 Å². The zero-order chi connectivity index (χ0) is 19.7. The van der Waals surface area contributed by atoms with E-state index in [0.29, 0.717) is 22.9 Å². The molecule has 142 valence electrons. The lowest BCUT2D eigenvalue weighted by molar-refractivity contribution is 0.0769. The number of hydrogen-bond acceptors (Lipinski definition) is 6. The Hall–Kier alpha value is -3.55. The highest BCUT2D eigenvalue weighted by Gasteiger charge is 2.29. The number of rotatable bonds is 6. The third-order valence-corrected chi connectivity index (χ3v) is 4.63. The van der Waals surface area contributed by atoms with E-state index in [9.17, 15) is 9.59 Å². The molecule has 0 unspecified atom stereocenters. The van der Waals surface area contributed by atoms with Gasteiger partial charge in [-0.1, -0.05) is 17.3 Å². The van der Waals surface area contributed by atoms with Crippen LogP contribution in [0.5, 0.6) is 0 Å². The minimum atomic E-state index is -0.534. The highest BCUT2D eigenvalue weighted by Crippen LogP contribution is 2.38. The molecule has 1 fully saturated rings. The van der Waals surface area contributed by atoms with Crippen molar-refractivity contribution in [2.45, 2.75) is 25.3 Å². The first-order valence-electron chi connectivity index (χ1n) is 8.94. The third-order valence-electron chi connectivity index (χ3n) is 4.63. The average Bonchev–Trinajstić information content (AvgIpc) is 3.47. The molecular formula is C20H19N5O3. The summed E-state index contributed by atoms with van der Waals surface area (Å²) in [6, 6.07) is 8.75. The van der Waals surface area contributed by atoms with Gasteiger partial charge in [0.25, 0.3) is 5.91 Å². The quantitative estimate of drug-likeness (QED) is 0.705. The first-order chi connectivity index (χ1) is 13.5. The molecule has 2 heterocycles. The maximum atomic E-state index is 12.7. The smallest absolute Gasteiger partial charge is 0.254 e. The Morgan fingerprint density at radius 1 is 1.14 bits per heavy atom. The minimum absolute atomic E-state index is 0.151. The van der Waals surface area contributed by atoms with Crippen molar-refractivity contribution in [1.82, 2.24) is 20.0 Å². The molecule has 0 bridgehead atoms. The Labute approximate surface area is 161 Å². The standard InChI is InChI=1S/C20H19N5O3/c1-25(11-17-23-19(24-28-17)13-4-5-13)20(27)14-6-2-12(3-7-14)15-8-16(18(21)26)10-22-9-15/h2-3,6-10,13H,4-5,11H2,1H3,(H2,21,26). The Morgan fingerprint density at radius 2 is 1.89 bits per heavy atom. The Kier molecular flexibility index (Phi) is 4.60. The van der Waals surface area contributed by atoms with Crippen LogP contribution >= 0.6 is 0 Å². The SMILES string of the molecule is CN(Cc1nc(C2CC2)no1)C(=O)c1ccc(-c2cncc(C(N)=O)c2)cc1. The molecule has 0 aliphatic heterocycles. The fourth-order valence-corrected chi connectivity index (χ4v) is 2.87. The average molecular weight is 377 g/mol. The second kappa shape index (κ2) is 7.22. The highest BCUT2D eigenvalue weighted by molar-refractivity contribution is 5.95. The minimum Gasteiger partial charge on any atom is -0.366 e. The number of amides is 2. The topological polar surface area (TPSA) is 115 Å². The van der Waals surface area contributed by atoms with Crippen LogP contribution in [0.1, 0.15) is 51.2 Å². The molecule has 1 aromatic carbocycles. The van der Waals surface area contributed by atoms with Gasteiger partial charge in [0.05, 0.1) is 12.1 Å². The van der Waals surface area contributed by atoms with Crippen molar-refractivity contribution in [1.29, 1.82) is 0 Å². The van der Waals surface area contributed by atoms with Crippen molar-refractivity contribution in [3.05, 3.63) is 65.6 Å². The van der Waals surface area contributed by atoms with E-state index < -0.39 is 5.91 Å². The lowest BCUT2D eigenvalue weighted by atomic mass is 10.0. The first kappa shape index (κ1) is 17.8. The number of carbonyl (C=O) groups is 2. The van der Waals surface area contributed by atoms with Gasteiger partial charge in [0.2, 0.25) is 11.8 Å². The fourth-order valence-electron chi connectivity index (χ4n) is 2.87. The van der Waals surface area contributed by atoms with Crippen molar-refractivity contribution in [2.24, 2.45) is 5.73 Å². The van der Waals surface area contributed by atoms with Crippen LogP contribution in [0.2, 0.25) is 0 Å². The number of aromatic nitrogens is 3. The van der Waals surface area contributed by atoms with Gasteiger partial charge in [-0.3, -0.25) is 14.6 Å². The highest BCUT2D eigenvalue weighted by atomic mass is 16.5. The van der Waals surface area contributed by atoms with Gasteiger partial charge >= 0.3 is 0 Å². The molecule has 3 aromatic rings. The number of pyridine rings is 1. The fraction of sp³-hybridized carbons (Fsp3) is 0.250. The molecule has 1 aliphatic rings. The molecule has 2 N–H and O–H groups in total. The van der Waals surface area contributed by atoms with Crippen molar-refractivity contribution < 1.29 is 14.1 Å². The van der Waals surface area contributed by atoms with Crippen LogP contribution in [0.15, 0.2) is 47.2 Å². The number of nitrogens with two attached hydrogens (primary N) is 1. The lowest BCUT2D eigenvalue weighted by Gasteiger charge is -2.15. The monoisotopic (exact) mass is 377 g/mol. The van der Waals surface area contributed by atoms with E-state index >= 15 is 0 Å². The molecule has 0 saturated heterocycles. The molecule has 8 heteroatoms. The van der Waals surface area contributed by atoms with E-state index in [-0.39, 0.29) is 12.5 Å². The second-order valence-corrected chi connectivity index (χ2v) is 6.89. The Bertz CT molecular complexity index is 1020. The summed E-state index contributed by atoms with van der Waals surface area (Å²) in [6.45, 7) is 0.255. The number of benzene rings is 1. The summed E-state index contributed by atoms with van der Waals surface area (Å²) in [5.41, 5.74) is 7.75. The number of primary amides is 1. The predicted octanol–water partition coefficient (Wildman–Crippen LogP) is 2.38. The van der Waals surface area contributed by atoms with Gasteiger partial charge in [0.15, 0.2) is 5.82 Å². The first-order valence-corrected chi connectivity index (χ1v) is 8.94. The van der Waals surface area contributed by atoms with E-state index in [0.717, 1.165) is 29.8 Å². The van der Waals surface area contributed by atoms with Crippen LogP contribution < -0.4 is 5.73 Å². The van der Waals surface area contributed by atoms with Crippen molar-refractivity contribution in [3.63, 3.8) is 0 Å². The molecule has 8 nitrogen and oxygen atoms in total. The molecule has 1 saturated carbocycles. The molecule has 0 atom stereocenters.